The predicted octanol–water partition coefficient (Wildman–Crippen LogP) is 3.40. The number of carbonyl (C=O) groups is 2. The summed E-state index contributed by atoms with van der Waals surface area (Å²) in [7, 11) is 0. The van der Waals surface area contributed by atoms with Crippen LogP contribution in [0, 0.1) is 0 Å². The number of ether oxygens (including phenoxy) is 2. The van der Waals surface area contributed by atoms with Crippen molar-refractivity contribution in [2.24, 2.45) is 10.2 Å². The van der Waals surface area contributed by atoms with Crippen LogP contribution < -0.4 is 10.9 Å². The topological polar surface area (TPSA) is 101 Å². The van der Waals surface area contributed by atoms with Gasteiger partial charge in [0.15, 0.2) is 0 Å². The van der Waals surface area contributed by atoms with Crippen LogP contribution in [0.15, 0.2) is 34.5 Å². The highest BCUT2D eigenvalue weighted by Gasteiger charge is 2.16. The van der Waals surface area contributed by atoms with Crippen molar-refractivity contribution in [3.63, 3.8) is 0 Å². The fraction of sp³-hybridized carbons (Fsp3) is 0.444. The van der Waals surface area contributed by atoms with Crippen molar-refractivity contribution in [1.29, 1.82) is 0 Å². The van der Waals surface area contributed by atoms with E-state index in [1.54, 1.807) is 65.8 Å². The first-order chi connectivity index (χ1) is 11.9. The maximum Gasteiger partial charge on any atom is 0.428 e. The summed E-state index contributed by atoms with van der Waals surface area (Å²) in [6, 6.07) is 7.18. The lowest BCUT2D eigenvalue weighted by atomic mass is 10.1. The van der Waals surface area contributed by atoms with E-state index in [1.165, 1.54) is 12.4 Å². The fourth-order valence-corrected chi connectivity index (χ4v) is 1.64. The standard InChI is InChI=1S/C18H26N4O4/c1-17(2,3)25-15(23)21-19-11-13-8-7-9-14(10-13)12-20-22-16(24)26-18(4,5)6/h7-12H,1-6H3,(H,21,23)(H,22,24)/b19-11-,20-12?. The third kappa shape index (κ3) is 10.1. The van der Waals surface area contributed by atoms with Crippen molar-refractivity contribution >= 4 is 24.6 Å². The number of nitrogens with zero attached hydrogens (tertiary/aromatic N) is 2. The highest BCUT2D eigenvalue weighted by atomic mass is 16.6. The van der Waals surface area contributed by atoms with Crippen LogP contribution in [0.2, 0.25) is 0 Å². The molecule has 0 saturated heterocycles. The molecule has 8 nitrogen and oxygen atoms in total. The second kappa shape index (κ2) is 8.98. The van der Waals surface area contributed by atoms with Crippen molar-refractivity contribution in [3.05, 3.63) is 35.4 Å². The van der Waals surface area contributed by atoms with E-state index in [9.17, 15) is 9.59 Å². The molecule has 26 heavy (non-hydrogen) atoms. The van der Waals surface area contributed by atoms with Gasteiger partial charge < -0.3 is 9.47 Å². The largest absolute Gasteiger partial charge is 0.443 e. The lowest BCUT2D eigenvalue weighted by molar-refractivity contribution is 0.0518. The van der Waals surface area contributed by atoms with E-state index in [0.29, 0.717) is 0 Å². The second-order valence-corrected chi connectivity index (χ2v) is 7.41. The number of nitrogens with one attached hydrogen (secondary N) is 2. The Bertz CT molecular complexity index is 630. The molecule has 2 amide bonds. The minimum absolute atomic E-state index is 0.586. The van der Waals surface area contributed by atoms with Crippen LogP contribution in [0.3, 0.4) is 0 Å². The van der Waals surface area contributed by atoms with Crippen molar-refractivity contribution < 1.29 is 19.1 Å². The Hall–Kier alpha value is -2.90. The van der Waals surface area contributed by atoms with Gasteiger partial charge in [-0.05, 0) is 58.7 Å². The minimum Gasteiger partial charge on any atom is -0.443 e. The first-order valence-electron chi connectivity index (χ1n) is 8.09. The van der Waals surface area contributed by atoms with E-state index >= 15 is 0 Å². The molecule has 0 heterocycles. The van der Waals surface area contributed by atoms with E-state index in [-0.39, 0.29) is 0 Å². The molecular formula is C18H26N4O4. The molecule has 0 aliphatic carbocycles. The number of hydrogen-bond donors (Lipinski definition) is 2. The van der Waals surface area contributed by atoms with Crippen LogP contribution in [0.1, 0.15) is 52.7 Å². The SMILES string of the molecule is CC(C)(C)OC(=O)NN=Cc1cccc(/C=N\NC(=O)OC(C)(C)C)c1. The van der Waals surface area contributed by atoms with Crippen molar-refractivity contribution in [1.82, 2.24) is 10.9 Å². The van der Waals surface area contributed by atoms with Crippen LogP contribution in [-0.4, -0.2) is 35.8 Å². The highest BCUT2D eigenvalue weighted by molar-refractivity contribution is 5.87. The molecule has 0 atom stereocenters. The van der Waals surface area contributed by atoms with Crippen LogP contribution in [0.25, 0.3) is 0 Å². The molecule has 0 aliphatic rings. The van der Waals surface area contributed by atoms with Gasteiger partial charge in [-0.1, -0.05) is 18.2 Å². The smallest absolute Gasteiger partial charge is 0.428 e. The Labute approximate surface area is 153 Å². The lowest BCUT2D eigenvalue weighted by Gasteiger charge is -2.18. The average Bonchev–Trinajstić information content (AvgIpc) is 2.43. The molecule has 0 saturated carbocycles. The van der Waals surface area contributed by atoms with Gasteiger partial charge in [0, 0.05) is 0 Å². The molecule has 0 bridgehead atoms. The molecule has 0 aliphatic heterocycles. The van der Waals surface area contributed by atoms with Crippen LogP contribution in [0.4, 0.5) is 9.59 Å². The van der Waals surface area contributed by atoms with Gasteiger partial charge in [-0.3, -0.25) is 0 Å². The third-order valence-corrected chi connectivity index (χ3v) is 2.45. The van der Waals surface area contributed by atoms with Crippen LogP contribution in [-0.2, 0) is 9.47 Å². The highest BCUT2D eigenvalue weighted by Crippen LogP contribution is 2.07. The Morgan fingerprint density at radius 1 is 0.846 bits per heavy atom. The van der Waals surface area contributed by atoms with Gasteiger partial charge in [0.05, 0.1) is 12.4 Å². The molecule has 0 fully saturated rings. The van der Waals surface area contributed by atoms with Gasteiger partial charge in [-0.25, -0.2) is 20.4 Å². The number of amides is 2. The first kappa shape index (κ1) is 21.1. The minimum atomic E-state index is -0.631. The average molecular weight is 362 g/mol. The van der Waals surface area contributed by atoms with E-state index in [1.807, 2.05) is 0 Å². The summed E-state index contributed by atoms with van der Waals surface area (Å²) in [6.45, 7) is 10.6. The van der Waals surface area contributed by atoms with Crippen molar-refractivity contribution in [2.75, 3.05) is 0 Å². The first-order valence-corrected chi connectivity index (χ1v) is 8.09. The number of hydrazone groups is 2. The van der Waals surface area contributed by atoms with Gasteiger partial charge in [-0.15, -0.1) is 0 Å². The third-order valence-electron chi connectivity index (χ3n) is 2.45. The molecule has 2 N–H and O–H groups in total. The molecule has 0 unspecified atom stereocenters. The van der Waals surface area contributed by atoms with E-state index in [4.69, 9.17) is 9.47 Å². The zero-order chi connectivity index (χ0) is 19.8. The summed E-state index contributed by atoms with van der Waals surface area (Å²) in [5, 5.41) is 7.66. The number of rotatable bonds is 4. The fourth-order valence-electron chi connectivity index (χ4n) is 1.64. The van der Waals surface area contributed by atoms with Gasteiger partial charge in [0.25, 0.3) is 0 Å². The molecule has 0 aromatic heterocycles. The lowest BCUT2D eigenvalue weighted by Crippen LogP contribution is -2.29. The summed E-state index contributed by atoms with van der Waals surface area (Å²) in [5.41, 5.74) is 4.88. The normalized spacial score (nSPS) is 12.2. The maximum atomic E-state index is 11.5. The predicted molar refractivity (Wildman–Crippen MR) is 100 cm³/mol. The quantitative estimate of drug-likeness (QED) is 0.633. The number of benzene rings is 1. The van der Waals surface area contributed by atoms with Gasteiger partial charge in [0.1, 0.15) is 11.2 Å². The Morgan fingerprint density at radius 2 is 1.23 bits per heavy atom. The second-order valence-electron chi connectivity index (χ2n) is 7.41. The number of hydrogen-bond acceptors (Lipinski definition) is 6. The summed E-state index contributed by atoms with van der Waals surface area (Å²) in [4.78, 5) is 23.0. The van der Waals surface area contributed by atoms with E-state index in [2.05, 4.69) is 21.1 Å². The Morgan fingerprint density at radius 3 is 1.58 bits per heavy atom. The molecular weight excluding hydrogens is 336 g/mol. The summed E-state index contributed by atoms with van der Waals surface area (Å²) in [5.74, 6) is 0. The maximum absolute atomic E-state index is 11.5. The molecule has 1 aromatic carbocycles. The summed E-state index contributed by atoms with van der Waals surface area (Å²) < 4.78 is 10.1. The van der Waals surface area contributed by atoms with E-state index in [0.717, 1.165) is 11.1 Å². The van der Waals surface area contributed by atoms with Gasteiger partial charge >= 0.3 is 12.2 Å². The van der Waals surface area contributed by atoms with Crippen LogP contribution >= 0.6 is 0 Å². The van der Waals surface area contributed by atoms with E-state index < -0.39 is 23.4 Å². The monoisotopic (exact) mass is 362 g/mol. The molecule has 142 valence electrons. The molecule has 1 rings (SSSR count). The van der Waals surface area contributed by atoms with Crippen LogP contribution in [0.5, 0.6) is 0 Å². The van der Waals surface area contributed by atoms with Gasteiger partial charge in [0.2, 0.25) is 0 Å². The van der Waals surface area contributed by atoms with Crippen molar-refractivity contribution in [2.45, 2.75) is 52.7 Å². The summed E-state index contributed by atoms with van der Waals surface area (Å²) in [6.07, 6.45) is 1.69. The summed E-state index contributed by atoms with van der Waals surface area (Å²) >= 11 is 0. The zero-order valence-corrected chi connectivity index (χ0v) is 16.0. The Kier molecular flexibility index (Phi) is 7.30. The zero-order valence-electron chi connectivity index (χ0n) is 16.0. The Balaban J connectivity index is 2.57. The molecule has 8 heteroatoms. The molecule has 0 radical (unpaired) electrons. The van der Waals surface area contributed by atoms with Crippen molar-refractivity contribution in [3.8, 4) is 0 Å². The van der Waals surface area contributed by atoms with Gasteiger partial charge in [-0.2, -0.15) is 10.2 Å². The number of carbonyl (C=O) groups excluding carboxylic acids is 2. The molecule has 1 aromatic rings. The molecule has 0 spiro atoms.